The van der Waals surface area contributed by atoms with Crippen LogP contribution in [0, 0.1) is 0 Å². The minimum atomic E-state index is -2.51. The summed E-state index contributed by atoms with van der Waals surface area (Å²) in [6.45, 7) is 0. The van der Waals surface area contributed by atoms with Gasteiger partial charge in [0.1, 0.15) is 0 Å². The molecule has 0 fully saturated rings. The van der Waals surface area contributed by atoms with E-state index in [2.05, 4.69) is 5.32 Å². The first kappa shape index (κ1) is 8.16. The number of halogens is 2. The number of carbonyl (C=O) groups is 1. The maximum absolute atomic E-state index is 12.4. The van der Waals surface area contributed by atoms with Crippen molar-refractivity contribution in [3.05, 3.63) is 29.3 Å². The zero-order chi connectivity index (χ0) is 9.42. The average molecular weight is 183 g/mol. The minimum absolute atomic E-state index is 0.0455. The number of hydrogen-bond acceptors (Lipinski definition) is 1. The van der Waals surface area contributed by atoms with Crippen molar-refractivity contribution in [2.45, 2.75) is 12.8 Å². The summed E-state index contributed by atoms with van der Waals surface area (Å²) in [5.74, 6) is -0.219. The molecule has 4 heteroatoms. The maximum atomic E-state index is 12.4. The molecule has 0 aromatic heterocycles. The van der Waals surface area contributed by atoms with Crippen LogP contribution in [0.2, 0.25) is 0 Å². The number of carbonyl (C=O) groups excluding carboxylic acids is 1. The second-order valence-electron chi connectivity index (χ2n) is 2.90. The fraction of sp³-hybridized carbons (Fsp3) is 0.222. The molecule has 0 bridgehead atoms. The van der Waals surface area contributed by atoms with E-state index in [0.29, 0.717) is 11.3 Å². The Morgan fingerprint density at radius 2 is 2.15 bits per heavy atom. The Labute approximate surface area is 73.6 Å². The van der Waals surface area contributed by atoms with E-state index in [4.69, 9.17) is 0 Å². The SMILES string of the molecule is O=C1Cc2c(cccc2C(F)F)N1. The molecule has 0 saturated heterocycles. The number of alkyl halides is 2. The van der Waals surface area contributed by atoms with E-state index < -0.39 is 6.43 Å². The number of rotatable bonds is 1. The van der Waals surface area contributed by atoms with E-state index in [9.17, 15) is 13.6 Å². The molecule has 0 unspecified atom stereocenters. The fourth-order valence-electron chi connectivity index (χ4n) is 1.48. The summed E-state index contributed by atoms with van der Waals surface area (Å²) in [5, 5.41) is 2.52. The van der Waals surface area contributed by atoms with Gasteiger partial charge in [-0.25, -0.2) is 8.78 Å². The highest BCUT2D eigenvalue weighted by Crippen LogP contribution is 2.31. The molecule has 1 amide bonds. The lowest BCUT2D eigenvalue weighted by atomic mass is 10.1. The average Bonchev–Trinajstić information content (AvgIpc) is 2.43. The van der Waals surface area contributed by atoms with Gasteiger partial charge in [-0.2, -0.15) is 0 Å². The Balaban J connectivity index is 2.51. The third-order valence-electron chi connectivity index (χ3n) is 2.06. The maximum Gasteiger partial charge on any atom is 0.264 e. The van der Waals surface area contributed by atoms with Gasteiger partial charge in [-0.15, -0.1) is 0 Å². The summed E-state index contributed by atoms with van der Waals surface area (Å²) in [7, 11) is 0. The van der Waals surface area contributed by atoms with Crippen LogP contribution in [-0.4, -0.2) is 5.91 Å². The van der Waals surface area contributed by atoms with Gasteiger partial charge in [-0.1, -0.05) is 12.1 Å². The molecule has 1 aliphatic heterocycles. The molecule has 2 rings (SSSR count). The van der Waals surface area contributed by atoms with E-state index in [1.807, 2.05) is 0 Å². The van der Waals surface area contributed by atoms with Crippen molar-refractivity contribution in [1.29, 1.82) is 0 Å². The van der Waals surface area contributed by atoms with Crippen molar-refractivity contribution in [3.63, 3.8) is 0 Å². The highest BCUT2D eigenvalue weighted by atomic mass is 19.3. The Bertz CT molecular complexity index is 363. The summed E-state index contributed by atoms with van der Waals surface area (Å²) in [6, 6.07) is 4.50. The van der Waals surface area contributed by atoms with Crippen LogP contribution in [0.3, 0.4) is 0 Å². The van der Waals surface area contributed by atoms with E-state index in [-0.39, 0.29) is 17.9 Å². The monoisotopic (exact) mass is 183 g/mol. The van der Waals surface area contributed by atoms with Crippen LogP contribution in [0.5, 0.6) is 0 Å². The van der Waals surface area contributed by atoms with Gasteiger partial charge >= 0.3 is 0 Å². The summed E-state index contributed by atoms with van der Waals surface area (Å²) in [6.07, 6.45) is -2.45. The molecule has 1 aliphatic rings. The normalized spacial score (nSPS) is 14.5. The molecule has 13 heavy (non-hydrogen) atoms. The van der Waals surface area contributed by atoms with Gasteiger partial charge in [-0.3, -0.25) is 4.79 Å². The molecule has 1 aromatic carbocycles. The van der Waals surface area contributed by atoms with E-state index in [0.717, 1.165) is 0 Å². The topological polar surface area (TPSA) is 29.1 Å². The van der Waals surface area contributed by atoms with Crippen LogP contribution in [0.4, 0.5) is 14.5 Å². The van der Waals surface area contributed by atoms with Crippen LogP contribution in [0.25, 0.3) is 0 Å². The summed E-state index contributed by atoms with van der Waals surface area (Å²) < 4.78 is 24.8. The van der Waals surface area contributed by atoms with E-state index in [1.165, 1.54) is 12.1 Å². The van der Waals surface area contributed by atoms with Gasteiger partial charge in [0.05, 0.1) is 6.42 Å². The van der Waals surface area contributed by atoms with Gasteiger partial charge in [0.25, 0.3) is 6.43 Å². The van der Waals surface area contributed by atoms with E-state index in [1.54, 1.807) is 6.07 Å². The van der Waals surface area contributed by atoms with Crippen molar-refractivity contribution in [2.75, 3.05) is 5.32 Å². The molecular weight excluding hydrogens is 176 g/mol. The Hall–Kier alpha value is -1.45. The summed E-state index contributed by atoms with van der Waals surface area (Å²) >= 11 is 0. The van der Waals surface area contributed by atoms with Gasteiger partial charge in [0.2, 0.25) is 5.91 Å². The Kier molecular flexibility index (Phi) is 1.76. The smallest absolute Gasteiger partial charge is 0.264 e. The first-order valence-corrected chi connectivity index (χ1v) is 3.88. The number of fused-ring (bicyclic) bond motifs is 1. The van der Waals surface area contributed by atoms with Crippen LogP contribution in [-0.2, 0) is 11.2 Å². The van der Waals surface area contributed by atoms with Crippen LogP contribution >= 0.6 is 0 Å². The molecular formula is C9H7F2NO. The second kappa shape index (κ2) is 2.80. The number of amides is 1. The zero-order valence-electron chi connectivity index (χ0n) is 6.68. The molecule has 0 aliphatic carbocycles. The predicted octanol–water partition coefficient (Wildman–Crippen LogP) is 2.12. The number of benzene rings is 1. The molecule has 1 heterocycles. The third-order valence-corrected chi connectivity index (χ3v) is 2.06. The Morgan fingerprint density at radius 1 is 1.38 bits per heavy atom. The minimum Gasteiger partial charge on any atom is -0.326 e. The number of hydrogen-bond donors (Lipinski definition) is 1. The molecule has 0 spiro atoms. The van der Waals surface area contributed by atoms with Gasteiger partial charge < -0.3 is 5.32 Å². The van der Waals surface area contributed by atoms with Gasteiger partial charge in [-0.05, 0) is 11.6 Å². The quantitative estimate of drug-likeness (QED) is 0.709. The van der Waals surface area contributed by atoms with Crippen LogP contribution < -0.4 is 5.32 Å². The zero-order valence-corrected chi connectivity index (χ0v) is 6.68. The van der Waals surface area contributed by atoms with Crippen molar-refractivity contribution in [3.8, 4) is 0 Å². The highest BCUT2D eigenvalue weighted by molar-refractivity contribution is 5.99. The third kappa shape index (κ3) is 1.28. The largest absolute Gasteiger partial charge is 0.326 e. The molecule has 0 radical (unpaired) electrons. The van der Waals surface area contributed by atoms with Crippen molar-refractivity contribution in [1.82, 2.24) is 0 Å². The van der Waals surface area contributed by atoms with Crippen molar-refractivity contribution >= 4 is 11.6 Å². The van der Waals surface area contributed by atoms with E-state index >= 15 is 0 Å². The lowest BCUT2D eigenvalue weighted by Crippen LogP contribution is -2.03. The molecule has 1 aromatic rings. The standard InChI is InChI=1S/C9H7F2NO/c10-9(11)5-2-1-3-7-6(5)4-8(13)12-7/h1-3,9H,4H2,(H,12,13). The Morgan fingerprint density at radius 3 is 2.85 bits per heavy atom. The van der Waals surface area contributed by atoms with Gasteiger partial charge in [0, 0.05) is 11.3 Å². The first-order chi connectivity index (χ1) is 6.18. The van der Waals surface area contributed by atoms with Crippen LogP contribution in [0.15, 0.2) is 18.2 Å². The highest BCUT2D eigenvalue weighted by Gasteiger charge is 2.23. The molecule has 1 N–H and O–H groups in total. The lowest BCUT2D eigenvalue weighted by Gasteiger charge is -2.04. The summed E-state index contributed by atoms with van der Waals surface area (Å²) in [5.41, 5.74) is 0.904. The first-order valence-electron chi connectivity index (χ1n) is 3.88. The lowest BCUT2D eigenvalue weighted by molar-refractivity contribution is -0.115. The molecule has 0 saturated carbocycles. The number of nitrogens with one attached hydrogen (secondary N) is 1. The molecule has 68 valence electrons. The summed E-state index contributed by atoms with van der Waals surface area (Å²) in [4.78, 5) is 10.9. The van der Waals surface area contributed by atoms with Crippen molar-refractivity contribution in [2.24, 2.45) is 0 Å². The molecule has 2 nitrogen and oxygen atoms in total. The number of anilines is 1. The van der Waals surface area contributed by atoms with Crippen LogP contribution in [0.1, 0.15) is 17.6 Å². The van der Waals surface area contributed by atoms with Gasteiger partial charge in [0.15, 0.2) is 0 Å². The van der Waals surface area contributed by atoms with Crippen molar-refractivity contribution < 1.29 is 13.6 Å². The predicted molar refractivity (Wildman–Crippen MR) is 43.7 cm³/mol. The molecule has 0 atom stereocenters. The fourth-order valence-corrected chi connectivity index (χ4v) is 1.48. The second-order valence-corrected chi connectivity index (χ2v) is 2.90.